The highest BCUT2D eigenvalue weighted by Crippen LogP contribution is 2.01. The molecule has 0 radical (unpaired) electrons. The number of hydrogen-bond donors (Lipinski definition) is 0. The number of tetrazole rings is 1. The first-order valence-corrected chi connectivity index (χ1v) is 4.35. The molecule has 3 heterocycles. The van der Waals surface area contributed by atoms with E-state index in [1.165, 1.54) is 0 Å². The molecule has 1 saturated heterocycles. The summed E-state index contributed by atoms with van der Waals surface area (Å²) in [5.41, 5.74) is 1.52. The second-order valence-corrected chi connectivity index (χ2v) is 2.97. The fraction of sp³-hybridized carbons (Fsp3) is 0.286. The van der Waals surface area contributed by atoms with Crippen LogP contribution in [0.15, 0.2) is 18.2 Å². The molecule has 6 nitrogen and oxygen atoms in total. The Morgan fingerprint density at radius 2 is 2.14 bits per heavy atom. The van der Waals surface area contributed by atoms with Crippen molar-refractivity contribution in [3.05, 3.63) is 18.2 Å². The summed E-state index contributed by atoms with van der Waals surface area (Å²) >= 11 is 0. The summed E-state index contributed by atoms with van der Waals surface area (Å²) in [5, 5.41) is 11.3. The second-order valence-electron chi connectivity index (χ2n) is 2.97. The molecule has 0 amide bonds. The van der Waals surface area contributed by atoms with Crippen LogP contribution in [-0.4, -0.2) is 40.4 Å². The van der Waals surface area contributed by atoms with E-state index in [1.54, 1.807) is 4.52 Å². The van der Waals surface area contributed by atoms with Gasteiger partial charge in [0, 0.05) is 0 Å². The van der Waals surface area contributed by atoms with Gasteiger partial charge in [0.05, 0.1) is 18.8 Å². The lowest BCUT2D eigenvalue weighted by molar-refractivity contribution is 0.365. The van der Waals surface area contributed by atoms with Gasteiger partial charge in [-0.3, -0.25) is 0 Å². The van der Waals surface area contributed by atoms with Gasteiger partial charge in [-0.05, 0) is 22.6 Å². The molecule has 2 aromatic heterocycles. The summed E-state index contributed by atoms with van der Waals surface area (Å²) in [6, 6.07) is 5.60. The lowest BCUT2D eigenvalue weighted by Crippen LogP contribution is -2.37. The van der Waals surface area contributed by atoms with Gasteiger partial charge in [-0.2, -0.15) is 0 Å². The first-order valence-electron chi connectivity index (χ1n) is 4.35. The van der Waals surface area contributed by atoms with E-state index in [1.807, 2.05) is 18.2 Å². The lowest BCUT2D eigenvalue weighted by atomic mass is 9.84. The van der Waals surface area contributed by atoms with Gasteiger partial charge in [0.2, 0.25) is 0 Å². The molecule has 0 spiro atoms. The predicted octanol–water partition coefficient (Wildman–Crippen LogP) is -1.13. The number of pyridine rings is 1. The Morgan fingerprint density at radius 3 is 3.00 bits per heavy atom. The van der Waals surface area contributed by atoms with Gasteiger partial charge in [0.25, 0.3) is 0 Å². The highest BCUT2D eigenvalue weighted by molar-refractivity contribution is 6.60. The van der Waals surface area contributed by atoms with Gasteiger partial charge in [-0.15, -0.1) is 5.10 Å². The third kappa shape index (κ3) is 1.10. The molecule has 70 valence electrons. The summed E-state index contributed by atoms with van der Waals surface area (Å²) in [7, 11) is -0.345. The van der Waals surface area contributed by atoms with Gasteiger partial charge in [0.1, 0.15) is 0 Å². The largest absolute Gasteiger partial charge is 0.513 e. The van der Waals surface area contributed by atoms with Crippen LogP contribution in [0.1, 0.15) is 0 Å². The molecule has 0 aliphatic carbocycles. The standard InChI is InChI=1S/C7H7BN4O2/c1-2-6(8-13-4-5-14-8)12-7(3-1)9-10-11-12/h1-3H,4-5H2. The molecule has 1 aliphatic rings. The van der Waals surface area contributed by atoms with E-state index in [0.717, 1.165) is 5.59 Å². The van der Waals surface area contributed by atoms with Crippen LogP contribution in [-0.2, 0) is 9.31 Å². The SMILES string of the molecule is c1cc(B2OCCO2)n2nnnc2c1. The zero-order valence-corrected chi connectivity index (χ0v) is 7.33. The van der Waals surface area contributed by atoms with E-state index in [9.17, 15) is 0 Å². The maximum Gasteiger partial charge on any atom is 0.513 e. The molecule has 0 unspecified atom stereocenters. The quantitative estimate of drug-likeness (QED) is 0.532. The van der Waals surface area contributed by atoms with Gasteiger partial charge in [0.15, 0.2) is 5.65 Å². The second kappa shape index (κ2) is 3.04. The molecule has 14 heavy (non-hydrogen) atoms. The van der Waals surface area contributed by atoms with Crippen LogP contribution in [0.5, 0.6) is 0 Å². The minimum absolute atomic E-state index is 0.345. The Bertz CT molecular complexity index is 454. The number of fused-ring (bicyclic) bond motifs is 1. The molecule has 3 rings (SSSR count). The molecular formula is C7H7BN4O2. The van der Waals surface area contributed by atoms with Crippen LogP contribution < -0.4 is 5.59 Å². The molecular weight excluding hydrogens is 183 g/mol. The summed E-state index contributed by atoms with van der Waals surface area (Å²) in [6.07, 6.45) is 0. The summed E-state index contributed by atoms with van der Waals surface area (Å²) in [6.45, 7) is 1.23. The zero-order chi connectivity index (χ0) is 9.38. The van der Waals surface area contributed by atoms with E-state index in [0.29, 0.717) is 18.9 Å². The van der Waals surface area contributed by atoms with Crippen LogP contribution in [0.2, 0.25) is 0 Å². The number of nitrogens with zero attached hydrogens (tertiary/aromatic N) is 4. The van der Waals surface area contributed by atoms with E-state index < -0.39 is 0 Å². The average Bonchev–Trinajstić information content (AvgIpc) is 2.88. The lowest BCUT2D eigenvalue weighted by Gasteiger charge is -2.04. The molecule has 2 aromatic rings. The van der Waals surface area contributed by atoms with Crippen molar-refractivity contribution in [3.63, 3.8) is 0 Å². The van der Waals surface area contributed by atoms with E-state index >= 15 is 0 Å². The Kier molecular flexibility index (Phi) is 1.71. The van der Waals surface area contributed by atoms with Gasteiger partial charge in [-0.25, -0.2) is 4.52 Å². The maximum atomic E-state index is 5.38. The van der Waals surface area contributed by atoms with Gasteiger partial charge < -0.3 is 9.31 Å². The van der Waals surface area contributed by atoms with E-state index in [2.05, 4.69) is 15.5 Å². The number of hydrogen-bond acceptors (Lipinski definition) is 5. The van der Waals surface area contributed by atoms with E-state index in [4.69, 9.17) is 9.31 Å². The molecule has 0 bridgehead atoms. The zero-order valence-electron chi connectivity index (χ0n) is 7.33. The van der Waals surface area contributed by atoms with Crippen LogP contribution >= 0.6 is 0 Å². The first kappa shape index (κ1) is 7.89. The molecule has 0 aromatic carbocycles. The van der Waals surface area contributed by atoms with Crippen LogP contribution in [0.3, 0.4) is 0 Å². The third-order valence-electron chi connectivity index (χ3n) is 2.11. The van der Waals surface area contributed by atoms with Crippen molar-refractivity contribution in [2.45, 2.75) is 0 Å². The van der Waals surface area contributed by atoms with Crippen LogP contribution in [0, 0.1) is 0 Å². The Hall–Kier alpha value is -1.47. The molecule has 0 N–H and O–H groups in total. The molecule has 1 fully saturated rings. The number of rotatable bonds is 1. The minimum Gasteiger partial charge on any atom is -0.404 e. The maximum absolute atomic E-state index is 5.38. The normalized spacial score (nSPS) is 16.7. The monoisotopic (exact) mass is 190 g/mol. The molecule has 0 atom stereocenters. The van der Waals surface area contributed by atoms with Crippen molar-refractivity contribution in [1.82, 2.24) is 20.0 Å². The van der Waals surface area contributed by atoms with Crippen LogP contribution in [0.4, 0.5) is 0 Å². The average molecular weight is 190 g/mol. The van der Waals surface area contributed by atoms with Gasteiger partial charge >= 0.3 is 7.12 Å². The van der Waals surface area contributed by atoms with Crippen molar-refractivity contribution in [2.75, 3.05) is 13.2 Å². The van der Waals surface area contributed by atoms with Crippen molar-refractivity contribution in [2.24, 2.45) is 0 Å². The molecule has 0 saturated carbocycles. The smallest absolute Gasteiger partial charge is 0.404 e. The minimum atomic E-state index is -0.345. The fourth-order valence-corrected chi connectivity index (χ4v) is 1.49. The third-order valence-corrected chi connectivity index (χ3v) is 2.11. The Labute approximate surface area is 80.0 Å². The van der Waals surface area contributed by atoms with Crippen molar-refractivity contribution in [1.29, 1.82) is 0 Å². The highest BCUT2D eigenvalue weighted by Gasteiger charge is 2.29. The predicted molar refractivity (Wildman–Crippen MR) is 48.1 cm³/mol. The van der Waals surface area contributed by atoms with Crippen molar-refractivity contribution in [3.8, 4) is 0 Å². The summed E-state index contributed by atoms with van der Waals surface area (Å²) in [4.78, 5) is 0. The molecule has 7 heteroatoms. The summed E-state index contributed by atoms with van der Waals surface area (Å²) in [5.74, 6) is 0. The topological polar surface area (TPSA) is 61.5 Å². The fourth-order valence-electron chi connectivity index (χ4n) is 1.49. The summed E-state index contributed by atoms with van der Waals surface area (Å²) < 4.78 is 12.4. The van der Waals surface area contributed by atoms with E-state index in [-0.39, 0.29) is 7.12 Å². The van der Waals surface area contributed by atoms with Crippen molar-refractivity contribution >= 4 is 18.4 Å². The van der Waals surface area contributed by atoms with Gasteiger partial charge in [-0.1, -0.05) is 6.07 Å². The first-order chi connectivity index (χ1) is 6.95. The highest BCUT2D eigenvalue weighted by atomic mass is 16.6. The number of aromatic nitrogens is 4. The molecule has 1 aliphatic heterocycles. The Balaban J connectivity index is 2.14. The Morgan fingerprint density at radius 1 is 1.29 bits per heavy atom. The van der Waals surface area contributed by atoms with Crippen molar-refractivity contribution < 1.29 is 9.31 Å². The van der Waals surface area contributed by atoms with Crippen LogP contribution in [0.25, 0.3) is 5.65 Å².